The normalized spacial score (nSPS) is 10.8. The number of nitrogens with one attached hydrogen (secondary N) is 1. The van der Waals surface area contributed by atoms with Crippen LogP contribution >= 0.6 is 11.6 Å². The first-order valence-corrected chi connectivity index (χ1v) is 9.22. The van der Waals surface area contributed by atoms with Crippen molar-refractivity contribution in [2.45, 2.75) is 13.1 Å². The molecule has 0 saturated heterocycles. The number of halogens is 1. The molecule has 4 rings (SSSR count). The molecule has 0 amide bonds. The van der Waals surface area contributed by atoms with Crippen molar-refractivity contribution >= 4 is 11.6 Å². The molecule has 0 bridgehead atoms. The highest BCUT2D eigenvalue weighted by Gasteiger charge is 2.10. The molecule has 7 heteroatoms. The maximum absolute atomic E-state index is 6.19. The van der Waals surface area contributed by atoms with Gasteiger partial charge in [-0.2, -0.15) is 4.68 Å². The maximum Gasteiger partial charge on any atom is 0.345 e. The van der Waals surface area contributed by atoms with Gasteiger partial charge in [-0.1, -0.05) is 65.2 Å². The van der Waals surface area contributed by atoms with Crippen LogP contribution < -0.4 is 10.1 Å². The van der Waals surface area contributed by atoms with E-state index in [1.54, 1.807) is 4.68 Å². The molecule has 0 aliphatic rings. The third kappa shape index (κ3) is 4.36. The Kier molecular flexibility index (Phi) is 5.61. The van der Waals surface area contributed by atoms with Crippen molar-refractivity contribution < 1.29 is 4.74 Å². The molecular formula is C21H18ClN5O. The number of benzene rings is 3. The Labute approximate surface area is 167 Å². The summed E-state index contributed by atoms with van der Waals surface area (Å²) >= 11 is 6.19. The molecule has 1 aromatic heterocycles. The van der Waals surface area contributed by atoms with Gasteiger partial charge in [-0.3, -0.25) is 0 Å². The molecule has 3 aromatic carbocycles. The molecule has 0 radical (unpaired) electrons. The quantitative estimate of drug-likeness (QED) is 0.506. The molecular weight excluding hydrogens is 374 g/mol. The van der Waals surface area contributed by atoms with Crippen LogP contribution in [-0.2, 0) is 13.1 Å². The fourth-order valence-corrected chi connectivity index (χ4v) is 2.98. The van der Waals surface area contributed by atoms with Crippen LogP contribution in [0.25, 0.3) is 5.69 Å². The Morgan fingerprint density at radius 2 is 1.71 bits per heavy atom. The van der Waals surface area contributed by atoms with Gasteiger partial charge in [0, 0.05) is 18.1 Å². The third-order valence-corrected chi connectivity index (χ3v) is 4.52. The van der Waals surface area contributed by atoms with Crippen molar-refractivity contribution in [1.82, 2.24) is 25.5 Å². The first-order chi connectivity index (χ1) is 13.8. The van der Waals surface area contributed by atoms with Crippen molar-refractivity contribution in [3.63, 3.8) is 0 Å². The number of tetrazole rings is 1. The molecule has 0 saturated carbocycles. The van der Waals surface area contributed by atoms with Crippen LogP contribution in [0.15, 0.2) is 78.9 Å². The Bertz CT molecular complexity index is 1050. The Morgan fingerprint density at radius 1 is 0.893 bits per heavy atom. The van der Waals surface area contributed by atoms with Crippen LogP contribution in [0.1, 0.15) is 11.1 Å². The number of ether oxygens (including phenoxy) is 1. The van der Waals surface area contributed by atoms with E-state index in [4.69, 9.17) is 16.3 Å². The molecule has 0 spiro atoms. The minimum absolute atomic E-state index is 0.312. The largest absolute Gasteiger partial charge is 0.423 e. The zero-order chi connectivity index (χ0) is 19.2. The Morgan fingerprint density at radius 3 is 2.57 bits per heavy atom. The van der Waals surface area contributed by atoms with Crippen LogP contribution in [-0.4, -0.2) is 20.2 Å². The minimum Gasteiger partial charge on any atom is -0.423 e. The highest BCUT2D eigenvalue weighted by atomic mass is 35.5. The van der Waals surface area contributed by atoms with Crippen molar-refractivity contribution in [2.24, 2.45) is 0 Å². The molecule has 0 aliphatic carbocycles. The summed E-state index contributed by atoms with van der Waals surface area (Å²) in [5, 5.41) is 15.9. The molecule has 0 atom stereocenters. The van der Waals surface area contributed by atoms with Crippen molar-refractivity contribution in [3.8, 4) is 17.4 Å². The SMILES string of the molecule is Clc1ccccc1CNCc1cccc(Oc2nnnn2-c2ccccc2)c1. The van der Waals surface area contributed by atoms with Gasteiger partial charge in [-0.05, 0) is 51.9 Å². The standard InChI is InChI=1S/C21H18ClN5O/c22-20-12-5-4-8-17(20)15-23-14-16-7-6-11-19(13-16)28-21-24-25-26-27(21)18-9-2-1-3-10-18/h1-13,23H,14-15H2. The number of aromatic nitrogens is 4. The van der Waals surface area contributed by atoms with Gasteiger partial charge < -0.3 is 10.1 Å². The second-order valence-corrected chi connectivity index (χ2v) is 6.56. The maximum atomic E-state index is 6.19. The van der Waals surface area contributed by atoms with Gasteiger partial charge in [0.15, 0.2) is 0 Å². The van der Waals surface area contributed by atoms with Gasteiger partial charge in [0.25, 0.3) is 0 Å². The molecule has 1 heterocycles. The monoisotopic (exact) mass is 391 g/mol. The fraction of sp³-hybridized carbons (Fsp3) is 0.0952. The average Bonchev–Trinajstić information content (AvgIpc) is 3.18. The molecule has 0 unspecified atom stereocenters. The zero-order valence-electron chi connectivity index (χ0n) is 15.0. The lowest BCUT2D eigenvalue weighted by Gasteiger charge is -2.09. The van der Waals surface area contributed by atoms with Crippen LogP contribution in [0.4, 0.5) is 0 Å². The summed E-state index contributed by atoms with van der Waals surface area (Å²) in [5.41, 5.74) is 2.99. The number of hydrogen-bond donors (Lipinski definition) is 1. The summed E-state index contributed by atoms with van der Waals surface area (Å²) in [6.45, 7) is 1.38. The number of nitrogens with zero attached hydrogens (tertiary/aromatic N) is 4. The number of hydrogen-bond acceptors (Lipinski definition) is 5. The second-order valence-electron chi connectivity index (χ2n) is 6.15. The van der Waals surface area contributed by atoms with Crippen molar-refractivity contribution in [1.29, 1.82) is 0 Å². The van der Waals surface area contributed by atoms with E-state index in [2.05, 4.69) is 20.8 Å². The van der Waals surface area contributed by atoms with Crippen LogP contribution in [0, 0.1) is 0 Å². The van der Waals surface area contributed by atoms with E-state index in [0.717, 1.165) is 21.8 Å². The molecule has 140 valence electrons. The number of para-hydroxylation sites is 1. The fourth-order valence-electron chi connectivity index (χ4n) is 2.78. The highest BCUT2D eigenvalue weighted by Crippen LogP contribution is 2.22. The van der Waals surface area contributed by atoms with Gasteiger partial charge in [-0.25, -0.2) is 0 Å². The van der Waals surface area contributed by atoms with E-state index in [0.29, 0.717) is 24.8 Å². The average molecular weight is 392 g/mol. The molecule has 1 N–H and O–H groups in total. The van der Waals surface area contributed by atoms with Gasteiger partial charge >= 0.3 is 6.01 Å². The zero-order valence-corrected chi connectivity index (χ0v) is 15.8. The summed E-state index contributed by atoms with van der Waals surface area (Å²) in [6, 6.07) is 25.6. The highest BCUT2D eigenvalue weighted by molar-refractivity contribution is 6.31. The van der Waals surface area contributed by atoms with E-state index in [9.17, 15) is 0 Å². The molecule has 0 fully saturated rings. The van der Waals surface area contributed by atoms with Crippen LogP contribution in [0.3, 0.4) is 0 Å². The second kappa shape index (κ2) is 8.65. The van der Waals surface area contributed by atoms with Crippen LogP contribution in [0.2, 0.25) is 5.02 Å². The van der Waals surface area contributed by atoms with Gasteiger partial charge in [0.05, 0.1) is 5.69 Å². The number of rotatable bonds is 7. The molecule has 4 aromatic rings. The predicted molar refractivity (Wildman–Crippen MR) is 108 cm³/mol. The minimum atomic E-state index is 0.312. The third-order valence-electron chi connectivity index (χ3n) is 4.15. The first kappa shape index (κ1) is 18.2. The van der Waals surface area contributed by atoms with Crippen molar-refractivity contribution in [3.05, 3.63) is 95.0 Å². The van der Waals surface area contributed by atoms with Crippen molar-refractivity contribution in [2.75, 3.05) is 0 Å². The van der Waals surface area contributed by atoms with Gasteiger partial charge in [-0.15, -0.1) is 0 Å². The van der Waals surface area contributed by atoms with Crippen LogP contribution in [0.5, 0.6) is 11.8 Å². The smallest absolute Gasteiger partial charge is 0.345 e. The Balaban J connectivity index is 1.42. The lowest BCUT2D eigenvalue weighted by molar-refractivity contribution is 0.426. The van der Waals surface area contributed by atoms with E-state index in [1.165, 1.54) is 0 Å². The van der Waals surface area contributed by atoms with E-state index in [-0.39, 0.29) is 0 Å². The van der Waals surface area contributed by atoms with E-state index in [1.807, 2.05) is 78.9 Å². The molecule has 0 aliphatic heterocycles. The summed E-state index contributed by atoms with van der Waals surface area (Å²) < 4.78 is 7.46. The first-order valence-electron chi connectivity index (χ1n) is 8.84. The van der Waals surface area contributed by atoms with E-state index >= 15 is 0 Å². The summed E-state index contributed by atoms with van der Waals surface area (Å²) in [4.78, 5) is 0. The lowest BCUT2D eigenvalue weighted by atomic mass is 10.2. The molecule has 28 heavy (non-hydrogen) atoms. The molecule has 6 nitrogen and oxygen atoms in total. The topological polar surface area (TPSA) is 64.9 Å². The predicted octanol–water partition coefficient (Wildman–Crippen LogP) is 4.40. The van der Waals surface area contributed by atoms with Gasteiger partial charge in [0.2, 0.25) is 0 Å². The van der Waals surface area contributed by atoms with E-state index < -0.39 is 0 Å². The van der Waals surface area contributed by atoms with Gasteiger partial charge in [0.1, 0.15) is 5.75 Å². The summed E-state index contributed by atoms with van der Waals surface area (Å²) in [6.07, 6.45) is 0. The summed E-state index contributed by atoms with van der Waals surface area (Å²) in [7, 11) is 0. The summed E-state index contributed by atoms with van der Waals surface area (Å²) in [5.74, 6) is 0.670. The Hall–Kier alpha value is -3.22. The lowest BCUT2D eigenvalue weighted by Crippen LogP contribution is -2.13.